The maximum atomic E-state index is 7.15. The van der Waals surface area contributed by atoms with Gasteiger partial charge in [0.1, 0.15) is 11.2 Å². The smallest absolute Gasteiger partial charge is 0.143 e. The summed E-state index contributed by atoms with van der Waals surface area (Å²) in [6.45, 7) is 0. The zero-order valence-electron chi connectivity index (χ0n) is 33.3. The second-order valence-corrected chi connectivity index (χ2v) is 16.4. The van der Waals surface area contributed by atoms with Crippen molar-refractivity contribution in [2.45, 2.75) is 6.42 Å². The first-order valence-electron chi connectivity index (χ1n) is 21.1. The zero-order chi connectivity index (χ0) is 40.0. The van der Waals surface area contributed by atoms with Crippen LogP contribution in [-0.4, -0.2) is 0 Å². The Morgan fingerprint density at radius 1 is 0.361 bits per heavy atom. The predicted octanol–water partition coefficient (Wildman–Crippen LogP) is 16.6. The van der Waals surface area contributed by atoms with Crippen LogP contribution < -0.4 is 4.90 Å². The quantitative estimate of drug-likeness (QED) is 0.162. The fourth-order valence-corrected chi connectivity index (χ4v) is 10.3. The van der Waals surface area contributed by atoms with Crippen LogP contribution in [0.3, 0.4) is 0 Å². The molecule has 11 aromatic carbocycles. The van der Waals surface area contributed by atoms with Gasteiger partial charge in [0.15, 0.2) is 0 Å². The van der Waals surface area contributed by atoms with Crippen LogP contribution in [0.1, 0.15) is 11.1 Å². The van der Waals surface area contributed by atoms with Crippen molar-refractivity contribution in [2.75, 3.05) is 4.90 Å². The Bertz CT molecular complexity index is 3690. The molecule has 1 aliphatic carbocycles. The van der Waals surface area contributed by atoms with Gasteiger partial charge < -0.3 is 9.32 Å². The molecule has 1 aliphatic rings. The lowest BCUT2D eigenvalue weighted by molar-refractivity contribution is 0.670. The Kier molecular flexibility index (Phi) is 7.40. The molecule has 0 amide bonds. The highest BCUT2D eigenvalue weighted by atomic mass is 16.3. The first-order valence-corrected chi connectivity index (χ1v) is 21.1. The van der Waals surface area contributed by atoms with Crippen molar-refractivity contribution < 1.29 is 4.42 Å². The van der Waals surface area contributed by atoms with E-state index in [2.05, 4.69) is 217 Å². The molecule has 0 unspecified atom stereocenters. The third-order valence-corrected chi connectivity index (χ3v) is 13.0. The summed E-state index contributed by atoms with van der Waals surface area (Å²) in [5.41, 5.74) is 15.1. The second kappa shape index (κ2) is 13.3. The van der Waals surface area contributed by atoms with Gasteiger partial charge in [0, 0.05) is 22.3 Å². The highest BCUT2D eigenvalue weighted by Gasteiger charge is 2.25. The van der Waals surface area contributed by atoms with E-state index in [9.17, 15) is 0 Å². The van der Waals surface area contributed by atoms with Crippen molar-refractivity contribution in [3.8, 4) is 33.4 Å². The van der Waals surface area contributed by atoms with Crippen molar-refractivity contribution >= 4 is 82.1 Å². The SMILES string of the molecule is c1ccc(-c2ccc(N(c3ccc4c(c3)Cc3ccccc3-4)c3cccc4oc5c(-c6ccc7c8ccccc8c8ccccc8c7c6)c6ccccc6cc5c34)cc2)cc1. The molecule has 2 heteroatoms. The monoisotopic (exact) mass is 775 g/mol. The van der Waals surface area contributed by atoms with Crippen molar-refractivity contribution in [1.29, 1.82) is 0 Å². The number of rotatable bonds is 5. The third kappa shape index (κ3) is 5.22. The highest BCUT2D eigenvalue weighted by Crippen LogP contribution is 2.49. The minimum absolute atomic E-state index is 0.862. The molecule has 0 fully saturated rings. The van der Waals surface area contributed by atoms with E-state index in [1.54, 1.807) is 0 Å². The number of fused-ring (bicyclic) bond motifs is 13. The number of anilines is 3. The molecular formula is C59H37NO. The third-order valence-electron chi connectivity index (χ3n) is 13.0. The van der Waals surface area contributed by atoms with Crippen molar-refractivity contribution in [2.24, 2.45) is 0 Å². The van der Waals surface area contributed by atoms with E-state index in [0.29, 0.717) is 0 Å². The minimum atomic E-state index is 0.862. The molecule has 13 rings (SSSR count). The van der Waals surface area contributed by atoms with Gasteiger partial charge in [-0.3, -0.25) is 0 Å². The van der Waals surface area contributed by atoms with Gasteiger partial charge in [-0.15, -0.1) is 0 Å². The molecule has 0 spiro atoms. The lowest BCUT2D eigenvalue weighted by Crippen LogP contribution is -2.10. The fraction of sp³-hybridized carbons (Fsp3) is 0.0169. The average Bonchev–Trinajstić information content (AvgIpc) is 3.89. The Morgan fingerprint density at radius 2 is 0.967 bits per heavy atom. The lowest BCUT2D eigenvalue weighted by atomic mass is 9.90. The lowest BCUT2D eigenvalue weighted by Gasteiger charge is -2.27. The van der Waals surface area contributed by atoms with Gasteiger partial charge in [-0.1, -0.05) is 164 Å². The van der Waals surface area contributed by atoms with Crippen LogP contribution in [0.2, 0.25) is 0 Å². The first kappa shape index (κ1) is 34.0. The standard InChI is InChI=1S/C59H37NO/c1-2-13-37(14-3-1)38-25-28-43(29-26-38)60(44-30-32-46-42(34-44)33-39-15-4-6-17-45(39)46)55-23-12-24-56-58(55)54-35-40-16-5-7-18-47(40)57(59(54)61-56)41-27-31-52-50-21-9-8-19-48(50)49-20-10-11-22-51(49)53(52)36-41/h1-32,34-36H,33H2. The van der Waals surface area contributed by atoms with Gasteiger partial charge in [0.25, 0.3) is 0 Å². The Balaban J connectivity index is 1.06. The molecule has 2 nitrogen and oxygen atoms in total. The van der Waals surface area contributed by atoms with Crippen LogP contribution in [0, 0.1) is 0 Å². The van der Waals surface area contributed by atoms with Gasteiger partial charge in [0.2, 0.25) is 0 Å². The fourth-order valence-electron chi connectivity index (χ4n) is 10.3. The first-order chi connectivity index (χ1) is 30.2. The number of hydrogen-bond donors (Lipinski definition) is 0. The molecule has 284 valence electrons. The maximum Gasteiger partial charge on any atom is 0.143 e. The largest absolute Gasteiger partial charge is 0.455 e. The Morgan fingerprint density at radius 3 is 1.75 bits per heavy atom. The molecule has 0 bridgehead atoms. The van der Waals surface area contributed by atoms with Gasteiger partial charge in [0.05, 0.1) is 11.1 Å². The summed E-state index contributed by atoms with van der Waals surface area (Å²) < 4.78 is 7.15. The second-order valence-electron chi connectivity index (χ2n) is 16.4. The van der Waals surface area contributed by atoms with E-state index in [-0.39, 0.29) is 0 Å². The predicted molar refractivity (Wildman–Crippen MR) is 258 cm³/mol. The van der Waals surface area contributed by atoms with Crippen LogP contribution in [0.15, 0.2) is 217 Å². The minimum Gasteiger partial charge on any atom is -0.455 e. The Hall–Kier alpha value is -7.94. The molecule has 0 radical (unpaired) electrons. The average molecular weight is 776 g/mol. The summed E-state index contributed by atoms with van der Waals surface area (Å²) in [5, 5.41) is 12.1. The molecule has 12 aromatic rings. The zero-order valence-corrected chi connectivity index (χ0v) is 33.3. The van der Waals surface area contributed by atoms with Crippen molar-refractivity contribution in [3.05, 3.63) is 223 Å². The van der Waals surface area contributed by atoms with Gasteiger partial charge in [-0.25, -0.2) is 0 Å². The molecule has 0 atom stereocenters. The molecule has 0 N–H and O–H groups in total. The van der Waals surface area contributed by atoms with E-state index in [1.165, 1.54) is 76.5 Å². The molecule has 0 saturated heterocycles. The molecule has 0 aliphatic heterocycles. The van der Waals surface area contributed by atoms with E-state index in [0.717, 1.165) is 56.5 Å². The summed E-state index contributed by atoms with van der Waals surface area (Å²) in [5.74, 6) is 0. The van der Waals surface area contributed by atoms with E-state index < -0.39 is 0 Å². The Labute approximate surface area is 353 Å². The maximum absolute atomic E-state index is 7.15. The molecule has 1 heterocycles. The summed E-state index contributed by atoms with van der Waals surface area (Å²) in [6, 6.07) is 77.6. The molecule has 1 aromatic heterocycles. The van der Waals surface area contributed by atoms with Crippen LogP contribution in [0.4, 0.5) is 17.1 Å². The molecule has 0 saturated carbocycles. The van der Waals surface area contributed by atoms with Crippen LogP contribution in [0.25, 0.3) is 98.4 Å². The molecule has 61 heavy (non-hydrogen) atoms. The van der Waals surface area contributed by atoms with Crippen molar-refractivity contribution in [1.82, 2.24) is 0 Å². The highest BCUT2D eigenvalue weighted by molar-refractivity contribution is 6.27. The van der Waals surface area contributed by atoms with Crippen LogP contribution >= 0.6 is 0 Å². The number of furan rings is 1. The van der Waals surface area contributed by atoms with E-state index >= 15 is 0 Å². The van der Waals surface area contributed by atoms with Gasteiger partial charge in [-0.05, 0) is 137 Å². The van der Waals surface area contributed by atoms with Gasteiger partial charge >= 0.3 is 0 Å². The number of benzene rings is 11. The topological polar surface area (TPSA) is 16.4 Å². The van der Waals surface area contributed by atoms with E-state index in [1.807, 2.05) is 0 Å². The number of nitrogens with zero attached hydrogens (tertiary/aromatic N) is 1. The van der Waals surface area contributed by atoms with Crippen LogP contribution in [-0.2, 0) is 6.42 Å². The molecular weight excluding hydrogens is 739 g/mol. The normalized spacial score (nSPS) is 12.2. The number of hydrogen-bond acceptors (Lipinski definition) is 2. The van der Waals surface area contributed by atoms with Gasteiger partial charge in [-0.2, -0.15) is 0 Å². The summed E-state index contributed by atoms with van der Waals surface area (Å²) in [6.07, 6.45) is 0.922. The summed E-state index contributed by atoms with van der Waals surface area (Å²) in [7, 11) is 0. The van der Waals surface area contributed by atoms with Crippen LogP contribution in [0.5, 0.6) is 0 Å². The summed E-state index contributed by atoms with van der Waals surface area (Å²) >= 11 is 0. The van der Waals surface area contributed by atoms with E-state index in [4.69, 9.17) is 4.42 Å². The summed E-state index contributed by atoms with van der Waals surface area (Å²) in [4.78, 5) is 2.43. The van der Waals surface area contributed by atoms with Crippen molar-refractivity contribution in [3.63, 3.8) is 0 Å².